The molecule has 0 atom stereocenters. The Morgan fingerprint density at radius 1 is 1.18 bits per heavy atom. The summed E-state index contributed by atoms with van der Waals surface area (Å²) >= 11 is 0. The number of sulfonamides is 1. The number of alkyl halides is 3. The maximum Gasteiger partial charge on any atom is 0.416 e. The van der Waals surface area contributed by atoms with E-state index >= 15 is 0 Å². The lowest BCUT2D eigenvalue weighted by Crippen LogP contribution is -2.33. The van der Waals surface area contributed by atoms with Crippen LogP contribution in [0.5, 0.6) is 0 Å². The number of carbonyl (C=O) groups excluding carboxylic acids is 1. The van der Waals surface area contributed by atoms with Crippen LogP contribution in [0.2, 0.25) is 0 Å². The van der Waals surface area contributed by atoms with Crippen LogP contribution in [0.25, 0.3) is 0 Å². The predicted molar refractivity (Wildman–Crippen MR) is 98.3 cm³/mol. The SMILES string of the molecule is CC(=O)N1CCCc2cc(S(=O)(=O)NCc3cccc(C(F)(F)F)c3)ccc21. The molecule has 2 aromatic carbocycles. The number of hydrogen-bond donors (Lipinski definition) is 1. The molecule has 3 rings (SSSR count). The van der Waals surface area contributed by atoms with Gasteiger partial charge in [-0.15, -0.1) is 0 Å². The number of nitrogens with one attached hydrogen (secondary N) is 1. The Labute approximate surface area is 161 Å². The van der Waals surface area contributed by atoms with Gasteiger partial charge in [-0.2, -0.15) is 13.2 Å². The van der Waals surface area contributed by atoms with Gasteiger partial charge in [0, 0.05) is 25.7 Å². The Morgan fingerprint density at radius 2 is 1.93 bits per heavy atom. The topological polar surface area (TPSA) is 66.5 Å². The monoisotopic (exact) mass is 412 g/mol. The van der Waals surface area contributed by atoms with Crippen molar-refractivity contribution in [3.63, 3.8) is 0 Å². The molecule has 150 valence electrons. The minimum atomic E-state index is -4.49. The van der Waals surface area contributed by atoms with Crippen LogP contribution in [0.1, 0.15) is 30.0 Å². The smallest absolute Gasteiger partial charge is 0.312 e. The Hall–Kier alpha value is -2.39. The quantitative estimate of drug-likeness (QED) is 0.836. The molecule has 0 saturated carbocycles. The third-order valence-corrected chi connectivity index (χ3v) is 5.98. The number of fused-ring (bicyclic) bond motifs is 1. The molecule has 1 aliphatic heterocycles. The van der Waals surface area contributed by atoms with Crippen LogP contribution in [0.3, 0.4) is 0 Å². The first-order chi connectivity index (χ1) is 13.1. The highest BCUT2D eigenvalue weighted by Gasteiger charge is 2.30. The van der Waals surface area contributed by atoms with Gasteiger partial charge in [-0.1, -0.05) is 18.2 Å². The number of carbonyl (C=O) groups is 1. The van der Waals surface area contributed by atoms with E-state index in [0.29, 0.717) is 18.7 Å². The van der Waals surface area contributed by atoms with Crippen LogP contribution in [-0.2, 0) is 34.0 Å². The molecule has 5 nitrogen and oxygen atoms in total. The minimum Gasteiger partial charge on any atom is -0.312 e. The highest BCUT2D eigenvalue weighted by atomic mass is 32.2. The van der Waals surface area contributed by atoms with Gasteiger partial charge in [0.15, 0.2) is 0 Å². The number of anilines is 1. The molecule has 1 N–H and O–H groups in total. The molecule has 1 aliphatic rings. The molecule has 1 amide bonds. The van der Waals surface area contributed by atoms with Crippen molar-refractivity contribution in [3.8, 4) is 0 Å². The summed E-state index contributed by atoms with van der Waals surface area (Å²) in [6.07, 6.45) is -3.11. The van der Waals surface area contributed by atoms with Crippen LogP contribution in [0, 0.1) is 0 Å². The molecular weight excluding hydrogens is 393 g/mol. The summed E-state index contributed by atoms with van der Waals surface area (Å²) in [5.74, 6) is -0.112. The second-order valence-electron chi connectivity index (χ2n) is 6.59. The summed E-state index contributed by atoms with van der Waals surface area (Å²) in [6.45, 7) is 1.78. The first-order valence-corrected chi connectivity index (χ1v) is 10.1. The highest BCUT2D eigenvalue weighted by Crippen LogP contribution is 2.31. The van der Waals surface area contributed by atoms with E-state index in [4.69, 9.17) is 0 Å². The molecule has 0 bridgehead atoms. The molecule has 0 spiro atoms. The molecule has 0 unspecified atom stereocenters. The van der Waals surface area contributed by atoms with E-state index in [2.05, 4.69) is 4.72 Å². The fraction of sp³-hybridized carbons (Fsp3) is 0.316. The number of aryl methyl sites for hydroxylation is 1. The summed E-state index contributed by atoms with van der Waals surface area (Å²) in [5, 5.41) is 0. The second kappa shape index (κ2) is 7.56. The maximum atomic E-state index is 12.8. The van der Waals surface area contributed by atoms with Crippen LogP contribution in [-0.4, -0.2) is 20.9 Å². The van der Waals surface area contributed by atoms with Crippen molar-refractivity contribution in [1.29, 1.82) is 0 Å². The fourth-order valence-corrected chi connectivity index (χ4v) is 4.25. The molecule has 0 fully saturated rings. The number of nitrogens with zero attached hydrogens (tertiary/aromatic N) is 1. The average molecular weight is 412 g/mol. The number of rotatable bonds is 4. The lowest BCUT2D eigenvalue weighted by atomic mass is 10.0. The molecule has 0 radical (unpaired) electrons. The Balaban J connectivity index is 1.80. The third kappa shape index (κ3) is 4.36. The molecule has 0 aliphatic carbocycles. The maximum absolute atomic E-state index is 12.8. The van der Waals surface area contributed by atoms with Crippen LogP contribution in [0.4, 0.5) is 18.9 Å². The summed E-state index contributed by atoms with van der Waals surface area (Å²) in [5.41, 5.74) is 0.820. The standard InChI is InChI=1S/C19H19F3N2O3S/c1-13(25)24-9-3-5-15-11-17(7-8-18(15)24)28(26,27)23-12-14-4-2-6-16(10-14)19(20,21)22/h2,4,6-8,10-11,23H,3,5,9,12H2,1H3. The summed E-state index contributed by atoms with van der Waals surface area (Å²) in [6, 6.07) is 9.02. The van der Waals surface area contributed by atoms with Crippen molar-refractivity contribution in [2.45, 2.75) is 37.4 Å². The summed E-state index contributed by atoms with van der Waals surface area (Å²) in [4.78, 5) is 13.3. The molecular formula is C19H19F3N2O3S. The zero-order chi connectivity index (χ0) is 20.5. The van der Waals surface area contributed by atoms with Gasteiger partial charge >= 0.3 is 6.18 Å². The van der Waals surface area contributed by atoms with Crippen molar-refractivity contribution in [1.82, 2.24) is 4.72 Å². The largest absolute Gasteiger partial charge is 0.416 e. The molecule has 0 saturated heterocycles. The molecule has 0 aromatic heterocycles. The van der Waals surface area contributed by atoms with E-state index in [1.54, 1.807) is 11.0 Å². The molecule has 28 heavy (non-hydrogen) atoms. The number of amides is 1. The number of benzene rings is 2. The van der Waals surface area contributed by atoms with Crippen LogP contribution in [0.15, 0.2) is 47.4 Å². The minimum absolute atomic E-state index is 0.0172. The molecule has 1 heterocycles. The van der Waals surface area contributed by atoms with Gasteiger partial charge in [0.1, 0.15) is 0 Å². The molecule has 2 aromatic rings. The van der Waals surface area contributed by atoms with Crippen molar-refractivity contribution in [2.24, 2.45) is 0 Å². The fourth-order valence-electron chi connectivity index (χ4n) is 3.19. The van der Waals surface area contributed by atoms with Gasteiger partial charge in [0.05, 0.1) is 10.5 Å². The zero-order valence-corrected chi connectivity index (χ0v) is 15.9. The Kier molecular flexibility index (Phi) is 5.49. The van der Waals surface area contributed by atoms with Gasteiger partial charge in [-0.25, -0.2) is 13.1 Å². The Morgan fingerprint density at radius 3 is 2.61 bits per heavy atom. The third-order valence-electron chi connectivity index (χ3n) is 4.58. The van der Waals surface area contributed by atoms with E-state index in [1.165, 1.54) is 31.2 Å². The lowest BCUT2D eigenvalue weighted by Gasteiger charge is -2.28. The van der Waals surface area contributed by atoms with Gasteiger partial charge in [0.25, 0.3) is 0 Å². The zero-order valence-electron chi connectivity index (χ0n) is 15.1. The number of halogens is 3. The average Bonchev–Trinajstić information content (AvgIpc) is 2.65. The van der Waals surface area contributed by atoms with Gasteiger partial charge in [-0.05, 0) is 48.2 Å². The van der Waals surface area contributed by atoms with Gasteiger partial charge < -0.3 is 4.90 Å². The van der Waals surface area contributed by atoms with E-state index < -0.39 is 21.8 Å². The Bertz CT molecular complexity index is 1000. The first-order valence-electron chi connectivity index (χ1n) is 8.65. The summed E-state index contributed by atoms with van der Waals surface area (Å²) < 4.78 is 65.9. The van der Waals surface area contributed by atoms with Crippen molar-refractivity contribution in [2.75, 3.05) is 11.4 Å². The van der Waals surface area contributed by atoms with E-state index in [1.807, 2.05) is 0 Å². The van der Waals surface area contributed by atoms with Crippen molar-refractivity contribution in [3.05, 3.63) is 59.2 Å². The second-order valence-corrected chi connectivity index (χ2v) is 8.35. The normalized spacial score (nSPS) is 14.6. The number of hydrogen-bond acceptors (Lipinski definition) is 3. The molecule has 9 heteroatoms. The van der Waals surface area contributed by atoms with Crippen LogP contribution < -0.4 is 9.62 Å². The van der Waals surface area contributed by atoms with E-state index in [-0.39, 0.29) is 22.9 Å². The van der Waals surface area contributed by atoms with Crippen molar-refractivity contribution < 1.29 is 26.4 Å². The van der Waals surface area contributed by atoms with E-state index in [0.717, 1.165) is 24.1 Å². The lowest BCUT2D eigenvalue weighted by molar-refractivity contribution is -0.137. The first kappa shape index (κ1) is 20.3. The summed E-state index contributed by atoms with van der Waals surface area (Å²) in [7, 11) is -3.91. The van der Waals surface area contributed by atoms with Crippen LogP contribution >= 0.6 is 0 Å². The predicted octanol–water partition coefficient (Wildman–Crippen LogP) is 3.48. The van der Waals surface area contributed by atoms with E-state index in [9.17, 15) is 26.4 Å². The van der Waals surface area contributed by atoms with Gasteiger partial charge in [-0.3, -0.25) is 4.79 Å². The van der Waals surface area contributed by atoms with Gasteiger partial charge in [0.2, 0.25) is 15.9 Å². The highest BCUT2D eigenvalue weighted by molar-refractivity contribution is 7.89. The van der Waals surface area contributed by atoms with Crippen molar-refractivity contribution >= 4 is 21.6 Å².